The molecule has 1 unspecified atom stereocenters. The highest BCUT2D eigenvalue weighted by Gasteiger charge is 2.30. The van der Waals surface area contributed by atoms with E-state index >= 15 is 0 Å². The molecule has 3 rings (SSSR count). The van der Waals surface area contributed by atoms with Gasteiger partial charge in [-0.05, 0) is 31.2 Å². The van der Waals surface area contributed by atoms with Gasteiger partial charge in [-0.1, -0.05) is 66.7 Å². The fraction of sp³-hybridized carbons (Fsp3) is 0.0870. The quantitative estimate of drug-likeness (QED) is 0.387. The van der Waals surface area contributed by atoms with Gasteiger partial charge in [-0.3, -0.25) is 14.6 Å². The van der Waals surface area contributed by atoms with E-state index in [1.807, 2.05) is 54.6 Å². The average Bonchev–Trinajstić information content (AvgIpc) is 2.70. The second-order valence-corrected chi connectivity index (χ2v) is 6.11. The zero-order valence-electron chi connectivity index (χ0n) is 15.0. The number of benzene rings is 3. The molecule has 3 aromatic carbocycles. The molecule has 0 bridgehead atoms. The Morgan fingerprint density at radius 3 is 1.89 bits per heavy atom. The number of hydrogen-bond donors (Lipinski definition) is 1. The van der Waals surface area contributed by atoms with Gasteiger partial charge in [0.25, 0.3) is 0 Å². The summed E-state index contributed by atoms with van der Waals surface area (Å²) < 4.78 is 0. The van der Waals surface area contributed by atoms with Crippen molar-refractivity contribution in [3.05, 3.63) is 96.6 Å². The molecular weight excluding hydrogens is 336 g/mol. The molecule has 0 saturated carbocycles. The summed E-state index contributed by atoms with van der Waals surface area (Å²) >= 11 is 0. The zero-order valence-corrected chi connectivity index (χ0v) is 15.0. The van der Waals surface area contributed by atoms with Crippen molar-refractivity contribution in [1.29, 1.82) is 0 Å². The van der Waals surface area contributed by atoms with E-state index in [9.17, 15) is 9.59 Å². The molecule has 0 aromatic heterocycles. The predicted molar refractivity (Wildman–Crippen MR) is 109 cm³/mol. The molecule has 0 radical (unpaired) electrons. The molecule has 4 heteroatoms. The van der Waals surface area contributed by atoms with Crippen LogP contribution in [0, 0.1) is 5.92 Å². The van der Waals surface area contributed by atoms with Gasteiger partial charge >= 0.3 is 0 Å². The number of nitrogens with zero attached hydrogens (tertiary/aromatic N) is 1. The Balaban J connectivity index is 1.94. The van der Waals surface area contributed by atoms with Crippen molar-refractivity contribution in [3.63, 3.8) is 0 Å². The second-order valence-electron chi connectivity index (χ2n) is 6.11. The van der Waals surface area contributed by atoms with Crippen molar-refractivity contribution in [2.75, 3.05) is 5.32 Å². The third-order valence-corrected chi connectivity index (χ3v) is 4.10. The lowest BCUT2D eigenvalue weighted by Gasteiger charge is -2.16. The summed E-state index contributed by atoms with van der Waals surface area (Å²) in [4.78, 5) is 30.5. The van der Waals surface area contributed by atoms with Crippen LogP contribution in [0.1, 0.15) is 17.3 Å². The third-order valence-electron chi connectivity index (χ3n) is 4.10. The molecule has 0 aliphatic carbocycles. The fourth-order valence-electron chi connectivity index (χ4n) is 2.77. The smallest absolute Gasteiger partial charge is 0.241 e. The molecule has 3 aromatic rings. The van der Waals surface area contributed by atoms with E-state index in [1.165, 1.54) is 0 Å². The Hall–Kier alpha value is -3.53. The van der Waals surface area contributed by atoms with Crippen molar-refractivity contribution in [2.24, 2.45) is 10.9 Å². The van der Waals surface area contributed by atoms with Gasteiger partial charge in [0.05, 0.1) is 5.69 Å². The number of amides is 1. The van der Waals surface area contributed by atoms with E-state index in [0.29, 0.717) is 22.6 Å². The average molecular weight is 356 g/mol. The van der Waals surface area contributed by atoms with Crippen molar-refractivity contribution in [3.8, 4) is 0 Å². The van der Waals surface area contributed by atoms with Crippen LogP contribution >= 0.6 is 0 Å². The second kappa shape index (κ2) is 8.72. The Bertz CT molecular complexity index is 936. The number of rotatable bonds is 6. The van der Waals surface area contributed by atoms with Crippen molar-refractivity contribution in [2.45, 2.75) is 6.92 Å². The molecule has 134 valence electrons. The first-order chi connectivity index (χ1) is 13.1. The van der Waals surface area contributed by atoms with Gasteiger partial charge in [0.2, 0.25) is 5.91 Å². The molecule has 1 N–H and O–H groups in total. The number of Topliss-reactive ketones (excluding diaryl/α,β-unsaturated/α-hetero) is 1. The number of nitrogens with one attached hydrogen (secondary N) is 1. The van der Waals surface area contributed by atoms with Gasteiger partial charge in [-0.25, -0.2) is 0 Å². The number of anilines is 1. The minimum Gasteiger partial charge on any atom is -0.325 e. The maximum atomic E-state index is 13.1. The molecule has 4 nitrogen and oxygen atoms in total. The van der Waals surface area contributed by atoms with E-state index in [1.54, 1.807) is 43.3 Å². The van der Waals surface area contributed by atoms with Crippen LogP contribution in [-0.2, 0) is 4.79 Å². The van der Waals surface area contributed by atoms with Gasteiger partial charge in [-0.2, -0.15) is 0 Å². The molecule has 0 fully saturated rings. The molecule has 0 spiro atoms. The minimum atomic E-state index is -1.01. The molecule has 27 heavy (non-hydrogen) atoms. The summed E-state index contributed by atoms with van der Waals surface area (Å²) in [5, 5.41) is 2.82. The first kappa shape index (κ1) is 18.3. The first-order valence-corrected chi connectivity index (χ1v) is 8.70. The topological polar surface area (TPSA) is 58.5 Å². The molecule has 1 atom stereocenters. The largest absolute Gasteiger partial charge is 0.325 e. The SMILES string of the molecule is CC(=Nc1ccccc1)C(C(=O)Nc1ccccc1)C(=O)c1ccccc1. The maximum absolute atomic E-state index is 13.1. The summed E-state index contributed by atoms with van der Waals surface area (Å²) in [5.41, 5.74) is 2.27. The normalized spacial score (nSPS) is 12.3. The number of para-hydroxylation sites is 2. The lowest BCUT2D eigenvalue weighted by atomic mass is 9.92. The standard InChI is InChI=1S/C23H20N2O2/c1-17(24-19-13-7-3-8-14-19)21(22(26)18-11-5-2-6-12-18)23(27)25-20-15-9-4-10-16-20/h2-16,21H,1H3,(H,25,27). The molecule has 1 amide bonds. The molecular formula is C23H20N2O2. The number of carbonyl (C=O) groups is 2. The molecule has 0 heterocycles. The van der Waals surface area contributed by atoms with Crippen molar-refractivity contribution >= 4 is 28.8 Å². The molecule has 0 aliphatic heterocycles. The van der Waals surface area contributed by atoms with E-state index in [4.69, 9.17) is 0 Å². The van der Waals surface area contributed by atoms with Crippen LogP contribution in [-0.4, -0.2) is 17.4 Å². The van der Waals surface area contributed by atoms with Gasteiger partial charge in [0.15, 0.2) is 5.78 Å². The van der Waals surface area contributed by atoms with E-state index < -0.39 is 11.8 Å². The third kappa shape index (κ3) is 4.76. The van der Waals surface area contributed by atoms with Crippen LogP contribution < -0.4 is 5.32 Å². The summed E-state index contributed by atoms with van der Waals surface area (Å²) in [7, 11) is 0. The van der Waals surface area contributed by atoms with Crippen LogP contribution in [0.3, 0.4) is 0 Å². The minimum absolute atomic E-state index is 0.277. The van der Waals surface area contributed by atoms with Gasteiger partial charge in [0.1, 0.15) is 5.92 Å². The lowest BCUT2D eigenvalue weighted by Crippen LogP contribution is -2.35. The Morgan fingerprint density at radius 1 is 0.778 bits per heavy atom. The van der Waals surface area contributed by atoms with Crippen LogP contribution in [0.15, 0.2) is 96.0 Å². The summed E-state index contributed by atoms with van der Waals surface area (Å²) in [6.07, 6.45) is 0. The van der Waals surface area contributed by atoms with Gasteiger partial charge < -0.3 is 5.32 Å². The number of carbonyl (C=O) groups excluding carboxylic acids is 2. The van der Waals surface area contributed by atoms with E-state index in [2.05, 4.69) is 10.3 Å². The van der Waals surface area contributed by atoms with Crippen LogP contribution in [0.5, 0.6) is 0 Å². The van der Waals surface area contributed by atoms with Crippen molar-refractivity contribution in [1.82, 2.24) is 0 Å². The predicted octanol–water partition coefficient (Wildman–Crippen LogP) is 4.92. The highest BCUT2D eigenvalue weighted by molar-refractivity contribution is 6.27. The number of aliphatic imine (C=N–C) groups is 1. The summed E-state index contributed by atoms with van der Waals surface area (Å²) in [5.74, 6) is -1.68. The highest BCUT2D eigenvalue weighted by Crippen LogP contribution is 2.18. The monoisotopic (exact) mass is 356 g/mol. The van der Waals surface area contributed by atoms with E-state index in [0.717, 1.165) is 0 Å². The van der Waals surface area contributed by atoms with Gasteiger partial charge in [-0.15, -0.1) is 0 Å². The van der Waals surface area contributed by atoms with Crippen LogP contribution in [0.4, 0.5) is 11.4 Å². The maximum Gasteiger partial charge on any atom is 0.241 e. The Kier molecular flexibility index (Phi) is 5.90. The summed E-state index contributed by atoms with van der Waals surface area (Å²) in [6.45, 7) is 1.71. The first-order valence-electron chi connectivity index (χ1n) is 8.70. The zero-order chi connectivity index (χ0) is 19.1. The van der Waals surface area contributed by atoms with Crippen LogP contribution in [0.2, 0.25) is 0 Å². The fourth-order valence-corrected chi connectivity index (χ4v) is 2.77. The number of ketones is 1. The number of hydrogen-bond acceptors (Lipinski definition) is 3. The van der Waals surface area contributed by atoms with Gasteiger partial charge in [0, 0.05) is 17.0 Å². The Morgan fingerprint density at radius 2 is 1.30 bits per heavy atom. The van der Waals surface area contributed by atoms with Crippen LogP contribution in [0.25, 0.3) is 0 Å². The lowest BCUT2D eigenvalue weighted by molar-refractivity contribution is -0.117. The summed E-state index contributed by atoms with van der Waals surface area (Å²) in [6, 6.07) is 27.2. The molecule has 0 aliphatic rings. The van der Waals surface area contributed by atoms with E-state index in [-0.39, 0.29) is 5.78 Å². The highest BCUT2D eigenvalue weighted by atomic mass is 16.2. The van der Waals surface area contributed by atoms with Crippen molar-refractivity contribution < 1.29 is 9.59 Å². The molecule has 0 saturated heterocycles. The Labute approximate surface area is 158 Å².